The Morgan fingerprint density at radius 2 is 2.09 bits per heavy atom. The van der Waals surface area contributed by atoms with Crippen molar-refractivity contribution in [1.29, 1.82) is 0 Å². The van der Waals surface area contributed by atoms with Crippen LogP contribution >= 0.6 is 0 Å². The van der Waals surface area contributed by atoms with E-state index in [4.69, 9.17) is 4.74 Å². The zero-order valence-corrected chi connectivity index (χ0v) is 12.5. The van der Waals surface area contributed by atoms with Crippen LogP contribution in [-0.4, -0.2) is 41.5 Å². The Balaban J connectivity index is 1.67. The molecule has 1 amide bonds. The minimum absolute atomic E-state index is 0.0706. The minimum atomic E-state index is 0.0706. The molecule has 3 rings (SSSR count). The van der Waals surface area contributed by atoms with E-state index in [1.54, 1.807) is 24.5 Å². The Labute approximate surface area is 129 Å². The molecular weight excluding hydrogens is 278 g/mol. The number of nitrogens with one attached hydrogen (secondary N) is 1. The van der Waals surface area contributed by atoms with Crippen molar-refractivity contribution in [3.8, 4) is 11.5 Å². The summed E-state index contributed by atoms with van der Waals surface area (Å²) in [7, 11) is 0. The third kappa shape index (κ3) is 3.43. The average molecular weight is 297 g/mol. The summed E-state index contributed by atoms with van der Waals surface area (Å²) in [6.45, 7) is 4.42. The van der Waals surface area contributed by atoms with Crippen molar-refractivity contribution in [2.75, 3.05) is 19.6 Å². The highest BCUT2D eigenvalue weighted by molar-refractivity contribution is 5.94. The summed E-state index contributed by atoms with van der Waals surface area (Å²) in [6, 6.07) is 11.2. The molecular formula is C17H19N3O2. The molecule has 0 saturated carbocycles. The summed E-state index contributed by atoms with van der Waals surface area (Å²) in [4.78, 5) is 18.4. The second-order valence-electron chi connectivity index (χ2n) is 5.42. The van der Waals surface area contributed by atoms with Crippen LogP contribution in [0, 0.1) is 0 Å². The Hall–Kier alpha value is -2.40. The maximum atomic E-state index is 12.5. The predicted molar refractivity (Wildman–Crippen MR) is 84.1 cm³/mol. The van der Waals surface area contributed by atoms with Crippen molar-refractivity contribution < 1.29 is 9.53 Å². The van der Waals surface area contributed by atoms with E-state index in [9.17, 15) is 4.79 Å². The molecule has 0 radical (unpaired) electrons. The molecule has 1 aliphatic heterocycles. The summed E-state index contributed by atoms with van der Waals surface area (Å²) < 4.78 is 5.68. The Morgan fingerprint density at radius 3 is 2.77 bits per heavy atom. The van der Waals surface area contributed by atoms with Crippen molar-refractivity contribution in [3.05, 3.63) is 54.4 Å². The fourth-order valence-corrected chi connectivity index (χ4v) is 2.51. The maximum Gasteiger partial charge on any atom is 0.253 e. The highest BCUT2D eigenvalue weighted by atomic mass is 16.5. The maximum absolute atomic E-state index is 12.5. The average Bonchev–Trinajstić information content (AvgIpc) is 2.56. The second-order valence-corrected chi connectivity index (χ2v) is 5.42. The smallest absolute Gasteiger partial charge is 0.253 e. The summed E-state index contributed by atoms with van der Waals surface area (Å²) in [5.41, 5.74) is 0.688. The standard InChI is InChI=1S/C17H19N3O2/c1-13-12-20(10-9-19-13)17(21)14-4-6-15(7-5-14)22-16-3-2-8-18-11-16/h2-8,11,13,19H,9-10,12H2,1H3/t13-/m1/s1. The van der Waals surface area contributed by atoms with E-state index >= 15 is 0 Å². The van der Waals surface area contributed by atoms with E-state index in [0.717, 1.165) is 19.6 Å². The highest BCUT2D eigenvalue weighted by Gasteiger charge is 2.21. The quantitative estimate of drug-likeness (QED) is 0.944. The van der Waals surface area contributed by atoms with E-state index < -0.39 is 0 Å². The highest BCUT2D eigenvalue weighted by Crippen LogP contribution is 2.21. The number of rotatable bonds is 3. The molecule has 1 aromatic heterocycles. The molecule has 0 bridgehead atoms. The van der Waals surface area contributed by atoms with Crippen molar-refractivity contribution in [2.24, 2.45) is 0 Å². The van der Waals surface area contributed by atoms with Crippen LogP contribution in [0.2, 0.25) is 0 Å². The number of benzene rings is 1. The van der Waals surface area contributed by atoms with Gasteiger partial charge in [0.15, 0.2) is 0 Å². The normalized spacial score (nSPS) is 18.0. The van der Waals surface area contributed by atoms with Gasteiger partial charge in [-0.05, 0) is 43.3 Å². The van der Waals surface area contributed by atoms with Gasteiger partial charge in [0.25, 0.3) is 5.91 Å². The van der Waals surface area contributed by atoms with Gasteiger partial charge in [0.1, 0.15) is 11.5 Å². The van der Waals surface area contributed by atoms with Gasteiger partial charge < -0.3 is 15.0 Å². The van der Waals surface area contributed by atoms with Crippen molar-refractivity contribution in [2.45, 2.75) is 13.0 Å². The van der Waals surface area contributed by atoms with Gasteiger partial charge in [0.05, 0.1) is 6.20 Å². The van der Waals surface area contributed by atoms with Gasteiger partial charge in [-0.15, -0.1) is 0 Å². The number of pyridine rings is 1. The Bertz CT molecular complexity index is 628. The number of carbonyl (C=O) groups excluding carboxylic acids is 1. The van der Waals surface area contributed by atoms with E-state index in [1.165, 1.54) is 0 Å². The molecule has 22 heavy (non-hydrogen) atoms. The number of nitrogens with zero attached hydrogens (tertiary/aromatic N) is 2. The fourth-order valence-electron chi connectivity index (χ4n) is 2.51. The molecule has 0 spiro atoms. The minimum Gasteiger partial charge on any atom is -0.456 e. The molecule has 5 heteroatoms. The fraction of sp³-hybridized carbons (Fsp3) is 0.294. The van der Waals surface area contributed by atoms with E-state index in [1.807, 2.05) is 29.2 Å². The zero-order chi connectivity index (χ0) is 15.4. The molecule has 1 aromatic carbocycles. The molecule has 1 aliphatic rings. The van der Waals surface area contributed by atoms with Gasteiger partial charge in [0, 0.05) is 37.4 Å². The van der Waals surface area contributed by atoms with Crippen LogP contribution in [0.25, 0.3) is 0 Å². The van der Waals surface area contributed by atoms with E-state index in [0.29, 0.717) is 23.1 Å². The molecule has 1 atom stereocenters. The van der Waals surface area contributed by atoms with Crippen LogP contribution in [-0.2, 0) is 0 Å². The molecule has 0 unspecified atom stereocenters. The second kappa shape index (κ2) is 6.58. The Kier molecular flexibility index (Phi) is 4.34. The molecule has 114 valence electrons. The number of aromatic nitrogens is 1. The number of amides is 1. The van der Waals surface area contributed by atoms with Gasteiger partial charge >= 0.3 is 0 Å². The first-order chi connectivity index (χ1) is 10.7. The monoisotopic (exact) mass is 297 g/mol. The van der Waals surface area contributed by atoms with E-state index in [-0.39, 0.29) is 5.91 Å². The number of hydrogen-bond acceptors (Lipinski definition) is 4. The lowest BCUT2D eigenvalue weighted by Crippen LogP contribution is -2.51. The number of piperazine rings is 1. The topological polar surface area (TPSA) is 54.5 Å². The third-order valence-corrected chi connectivity index (χ3v) is 3.63. The Morgan fingerprint density at radius 1 is 1.27 bits per heavy atom. The van der Waals surface area contributed by atoms with Gasteiger partial charge in [-0.1, -0.05) is 0 Å². The number of carbonyl (C=O) groups is 1. The van der Waals surface area contributed by atoms with Gasteiger partial charge in [-0.25, -0.2) is 0 Å². The predicted octanol–water partition coefficient (Wildman–Crippen LogP) is 2.31. The first-order valence-electron chi connectivity index (χ1n) is 7.43. The SMILES string of the molecule is C[C@@H]1CN(C(=O)c2ccc(Oc3cccnc3)cc2)CCN1. The summed E-state index contributed by atoms with van der Waals surface area (Å²) in [5, 5.41) is 3.33. The molecule has 2 heterocycles. The van der Waals surface area contributed by atoms with Gasteiger partial charge in [-0.2, -0.15) is 0 Å². The lowest BCUT2D eigenvalue weighted by molar-refractivity contribution is 0.0709. The van der Waals surface area contributed by atoms with Crippen LogP contribution in [0.15, 0.2) is 48.8 Å². The first-order valence-corrected chi connectivity index (χ1v) is 7.43. The summed E-state index contributed by atoms with van der Waals surface area (Å²) >= 11 is 0. The lowest BCUT2D eigenvalue weighted by atomic mass is 10.1. The molecule has 2 aromatic rings. The van der Waals surface area contributed by atoms with Crippen LogP contribution in [0.4, 0.5) is 0 Å². The van der Waals surface area contributed by atoms with Crippen molar-refractivity contribution in [1.82, 2.24) is 15.2 Å². The number of ether oxygens (including phenoxy) is 1. The van der Waals surface area contributed by atoms with Gasteiger partial charge in [0.2, 0.25) is 0 Å². The van der Waals surface area contributed by atoms with Gasteiger partial charge in [-0.3, -0.25) is 9.78 Å². The lowest BCUT2D eigenvalue weighted by Gasteiger charge is -2.32. The summed E-state index contributed by atoms with van der Waals surface area (Å²) in [6.07, 6.45) is 3.35. The number of hydrogen-bond donors (Lipinski definition) is 1. The summed E-state index contributed by atoms with van der Waals surface area (Å²) in [5.74, 6) is 1.44. The molecule has 0 aliphatic carbocycles. The van der Waals surface area contributed by atoms with Crippen molar-refractivity contribution >= 4 is 5.91 Å². The van der Waals surface area contributed by atoms with Crippen LogP contribution in [0.1, 0.15) is 17.3 Å². The van der Waals surface area contributed by atoms with Crippen molar-refractivity contribution in [3.63, 3.8) is 0 Å². The van der Waals surface area contributed by atoms with E-state index in [2.05, 4.69) is 17.2 Å². The molecule has 1 fully saturated rings. The third-order valence-electron chi connectivity index (χ3n) is 3.63. The van der Waals surface area contributed by atoms with Crippen LogP contribution in [0.3, 0.4) is 0 Å². The molecule has 5 nitrogen and oxygen atoms in total. The van der Waals surface area contributed by atoms with Crippen LogP contribution < -0.4 is 10.1 Å². The zero-order valence-electron chi connectivity index (χ0n) is 12.5. The van der Waals surface area contributed by atoms with Crippen LogP contribution in [0.5, 0.6) is 11.5 Å². The molecule has 1 N–H and O–H groups in total. The largest absolute Gasteiger partial charge is 0.456 e. The molecule has 1 saturated heterocycles. The first kappa shape index (κ1) is 14.5.